The van der Waals surface area contributed by atoms with E-state index in [2.05, 4.69) is 24.4 Å². The molecule has 0 heterocycles. The van der Waals surface area contributed by atoms with Crippen LogP contribution in [-0.4, -0.2) is 29.5 Å². The quantitative estimate of drug-likeness (QED) is 0.678. The zero-order valence-corrected chi connectivity index (χ0v) is 9.27. The van der Waals surface area contributed by atoms with Gasteiger partial charge in [0.05, 0.1) is 12.7 Å². The van der Waals surface area contributed by atoms with E-state index in [1.165, 1.54) is 11.1 Å². The van der Waals surface area contributed by atoms with Gasteiger partial charge in [-0.15, -0.1) is 0 Å². The predicted octanol–water partition coefficient (Wildman–Crippen LogP) is 0.999. The molecule has 84 valence electrons. The number of aliphatic hydroxyl groups is 2. The first-order chi connectivity index (χ1) is 7.15. The summed E-state index contributed by atoms with van der Waals surface area (Å²) >= 11 is 0. The van der Waals surface area contributed by atoms with Gasteiger partial charge in [0.1, 0.15) is 0 Å². The summed E-state index contributed by atoms with van der Waals surface area (Å²) in [5.74, 6) is 0. The van der Waals surface area contributed by atoms with E-state index in [0.717, 1.165) is 0 Å². The topological polar surface area (TPSA) is 52.5 Å². The van der Waals surface area contributed by atoms with Crippen LogP contribution in [0.5, 0.6) is 0 Å². The van der Waals surface area contributed by atoms with Crippen molar-refractivity contribution in [3.8, 4) is 0 Å². The van der Waals surface area contributed by atoms with Crippen LogP contribution < -0.4 is 5.32 Å². The summed E-state index contributed by atoms with van der Waals surface area (Å²) < 4.78 is 0. The molecule has 1 aromatic carbocycles. The maximum absolute atomic E-state index is 9.21. The Labute approximate surface area is 90.8 Å². The Morgan fingerprint density at radius 1 is 1.33 bits per heavy atom. The molecule has 1 unspecified atom stereocenters. The van der Waals surface area contributed by atoms with Crippen molar-refractivity contribution >= 4 is 0 Å². The second-order valence-electron chi connectivity index (χ2n) is 3.82. The van der Waals surface area contributed by atoms with Gasteiger partial charge in [0, 0.05) is 12.6 Å². The van der Waals surface area contributed by atoms with E-state index in [-0.39, 0.29) is 12.6 Å². The summed E-state index contributed by atoms with van der Waals surface area (Å²) in [7, 11) is 0. The van der Waals surface area contributed by atoms with Crippen LogP contribution in [0.3, 0.4) is 0 Å². The lowest BCUT2D eigenvalue weighted by molar-refractivity contribution is 0.0923. The van der Waals surface area contributed by atoms with Crippen LogP contribution in [0.4, 0.5) is 0 Å². The first-order valence-corrected chi connectivity index (χ1v) is 5.23. The highest BCUT2D eigenvalue weighted by Crippen LogP contribution is 2.16. The highest BCUT2D eigenvalue weighted by atomic mass is 16.3. The average Bonchev–Trinajstić information content (AvgIpc) is 2.26. The van der Waals surface area contributed by atoms with E-state index in [4.69, 9.17) is 5.11 Å². The third kappa shape index (κ3) is 3.63. The molecule has 1 rings (SSSR count). The van der Waals surface area contributed by atoms with Crippen LogP contribution in [0.1, 0.15) is 24.1 Å². The van der Waals surface area contributed by atoms with Crippen LogP contribution in [0, 0.1) is 6.92 Å². The molecule has 0 spiro atoms. The molecule has 0 bridgehead atoms. The Balaban J connectivity index is 2.54. The normalized spacial score (nSPS) is 14.9. The summed E-state index contributed by atoms with van der Waals surface area (Å²) in [6.07, 6.45) is -0.684. The second-order valence-corrected chi connectivity index (χ2v) is 3.82. The molecule has 0 saturated heterocycles. The Morgan fingerprint density at radius 2 is 2.00 bits per heavy atom. The molecule has 15 heavy (non-hydrogen) atoms. The summed E-state index contributed by atoms with van der Waals surface area (Å²) in [4.78, 5) is 0. The van der Waals surface area contributed by atoms with Crippen molar-refractivity contribution in [2.24, 2.45) is 0 Å². The van der Waals surface area contributed by atoms with Crippen LogP contribution in [0.15, 0.2) is 24.3 Å². The van der Waals surface area contributed by atoms with Gasteiger partial charge in [-0.1, -0.05) is 24.3 Å². The molecule has 0 aromatic heterocycles. The first kappa shape index (κ1) is 12.2. The lowest BCUT2D eigenvalue weighted by atomic mass is 10.0. The molecular weight excluding hydrogens is 190 g/mol. The molecule has 0 aliphatic carbocycles. The monoisotopic (exact) mass is 209 g/mol. The maximum Gasteiger partial charge on any atom is 0.0895 e. The van der Waals surface area contributed by atoms with Crippen LogP contribution >= 0.6 is 0 Å². The van der Waals surface area contributed by atoms with E-state index in [0.29, 0.717) is 6.54 Å². The molecule has 3 nitrogen and oxygen atoms in total. The van der Waals surface area contributed by atoms with Crippen molar-refractivity contribution in [3.05, 3.63) is 35.4 Å². The van der Waals surface area contributed by atoms with E-state index >= 15 is 0 Å². The van der Waals surface area contributed by atoms with Gasteiger partial charge in [-0.25, -0.2) is 0 Å². The number of aryl methyl sites for hydroxylation is 1. The van der Waals surface area contributed by atoms with Crippen LogP contribution in [-0.2, 0) is 0 Å². The molecule has 0 fully saturated rings. The van der Waals surface area contributed by atoms with E-state index in [1.807, 2.05) is 19.1 Å². The fraction of sp³-hybridized carbons (Fsp3) is 0.500. The fourth-order valence-corrected chi connectivity index (χ4v) is 1.56. The summed E-state index contributed by atoms with van der Waals surface area (Å²) in [5.41, 5.74) is 2.46. The third-order valence-corrected chi connectivity index (χ3v) is 2.53. The Bertz CT molecular complexity index is 301. The summed E-state index contributed by atoms with van der Waals surface area (Å²) in [6, 6.07) is 8.33. The van der Waals surface area contributed by atoms with Crippen molar-refractivity contribution in [1.82, 2.24) is 5.32 Å². The highest BCUT2D eigenvalue weighted by Gasteiger charge is 2.09. The van der Waals surface area contributed by atoms with E-state index in [9.17, 15) is 5.11 Å². The average molecular weight is 209 g/mol. The molecule has 3 N–H and O–H groups in total. The lowest BCUT2D eigenvalue weighted by Crippen LogP contribution is -2.31. The van der Waals surface area contributed by atoms with Crippen molar-refractivity contribution in [1.29, 1.82) is 0 Å². The SMILES string of the molecule is Cc1ccccc1C(C)NC[C@H](O)CO. The second kappa shape index (κ2) is 5.85. The molecule has 0 amide bonds. The lowest BCUT2D eigenvalue weighted by Gasteiger charge is -2.18. The Kier molecular flexibility index (Phi) is 4.75. The van der Waals surface area contributed by atoms with Crippen molar-refractivity contribution in [2.45, 2.75) is 26.0 Å². The predicted molar refractivity (Wildman–Crippen MR) is 60.7 cm³/mol. The number of rotatable bonds is 5. The Morgan fingerprint density at radius 3 is 2.60 bits per heavy atom. The number of hydrogen-bond donors (Lipinski definition) is 3. The smallest absolute Gasteiger partial charge is 0.0895 e. The van der Waals surface area contributed by atoms with Crippen molar-refractivity contribution in [2.75, 3.05) is 13.2 Å². The largest absolute Gasteiger partial charge is 0.394 e. The minimum absolute atomic E-state index is 0.187. The van der Waals surface area contributed by atoms with Gasteiger partial charge in [0.25, 0.3) is 0 Å². The van der Waals surface area contributed by atoms with Gasteiger partial charge in [0.2, 0.25) is 0 Å². The van der Waals surface area contributed by atoms with Gasteiger partial charge >= 0.3 is 0 Å². The molecule has 0 saturated carbocycles. The molecule has 2 atom stereocenters. The molecule has 1 aromatic rings. The standard InChI is InChI=1S/C12H19NO2/c1-9-5-3-4-6-12(9)10(2)13-7-11(15)8-14/h3-6,10-11,13-15H,7-8H2,1-2H3/t10?,11-/m0/s1. The summed E-state index contributed by atoms with van der Waals surface area (Å²) in [6.45, 7) is 4.32. The van der Waals surface area contributed by atoms with Crippen LogP contribution in [0.2, 0.25) is 0 Å². The van der Waals surface area contributed by atoms with Gasteiger partial charge in [-0.2, -0.15) is 0 Å². The van der Waals surface area contributed by atoms with Gasteiger partial charge in [0.15, 0.2) is 0 Å². The van der Waals surface area contributed by atoms with Crippen LogP contribution in [0.25, 0.3) is 0 Å². The van der Waals surface area contributed by atoms with Gasteiger partial charge in [-0.05, 0) is 25.0 Å². The van der Waals surface area contributed by atoms with Crippen molar-refractivity contribution < 1.29 is 10.2 Å². The molecule has 0 aliphatic rings. The number of hydrogen-bond acceptors (Lipinski definition) is 3. The maximum atomic E-state index is 9.21. The van der Waals surface area contributed by atoms with Crippen molar-refractivity contribution in [3.63, 3.8) is 0 Å². The van der Waals surface area contributed by atoms with E-state index in [1.54, 1.807) is 0 Å². The molecule has 0 radical (unpaired) electrons. The molecular formula is C12H19NO2. The third-order valence-electron chi connectivity index (χ3n) is 2.53. The Hall–Kier alpha value is -0.900. The minimum atomic E-state index is -0.684. The fourth-order valence-electron chi connectivity index (χ4n) is 1.56. The van der Waals surface area contributed by atoms with Gasteiger partial charge < -0.3 is 15.5 Å². The van der Waals surface area contributed by atoms with E-state index < -0.39 is 6.10 Å². The first-order valence-electron chi connectivity index (χ1n) is 5.23. The number of benzene rings is 1. The molecule has 0 aliphatic heterocycles. The zero-order valence-electron chi connectivity index (χ0n) is 9.27. The highest BCUT2D eigenvalue weighted by molar-refractivity contribution is 5.28. The minimum Gasteiger partial charge on any atom is -0.394 e. The zero-order chi connectivity index (χ0) is 11.3. The number of nitrogens with one attached hydrogen (secondary N) is 1. The number of aliphatic hydroxyl groups excluding tert-OH is 2. The van der Waals surface area contributed by atoms with Gasteiger partial charge in [-0.3, -0.25) is 0 Å². The summed E-state index contributed by atoms with van der Waals surface area (Å²) in [5, 5.41) is 21.1. The molecule has 3 heteroatoms.